The maximum absolute atomic E-state index is 5.42. The first-order chi connectivity index (χ1) is 8.24. The van der Waals surface area contributed by atoms with Crippen LogP contribution in [0, 0.1) is 10.7 Å². The van der Waals surface area contributed by atoms with E-state index in [0.29, 0.717) is 0 Å². The summed E-state index contributed by atoms with van der Waals surface area (Å²) in [6.45, 7) is 1.04. The van der Waals surface area contributed by atoms with Gasteiger partial charge in [-0.25, -0.2) is 0 Å². The molecule has 90 valence electrons. The van der Waals surface area contributed by atoms with Crippen LogP contribution in [0.5, 0.6) is 0 Å². The quantitative estimate of drug-likeness (QED) is 0.833. The summed E-state index contributed by atoms with van der Waals surface area (Å²) in [5, 5.41) is 0. The lowest BCUT2D eigenvalue weighted by molar-refractivity contribution is 0.497. The number of aromatic nitrogens is 2. The van der Waals surface area contributed by atoms with Gasteiger partial charge in [0, 0.05) is 11.0 Å². The molecule has 1 aromatic carbocycles. The number of fused-ring (bicyclic) bond motifs is 1. The highest BCUT2D eigenvalue weighted by Crippen LogP contribution is 2.27. The predicted octanol–water partition coefficient (Wildman–Crippen LogP) is 4.21. The number of thioether (sulfide) groups is 1. The Kier molecular flexibility index (Phi) is 3.32. The highest BCUT2D eigenvalue weighted by Gasteiger charge is 2.17. The maximum atomic E-state index is 5.42. The third kappa shape index (κ3) is 2.33. The van der Waals surface area contributed by atoms with Gasteiger partial charge in [-0.3, -0.25) is 0 Å². The van der Waals surface area contributed by atoms with Crippen LogP contribution in [0.25, 0.3) is 11.0 Å². The van der Waals surface area contributed by atoms with E-state index < -0.39 is 0 Å². The van der Waals surface area contributed by atoms with Gasteiger partial charge in [0.2, 0.25) is 0 Å². The molecule has 1 saturated heterocycles. The second kappa shape index (κ2) is 4.78. The summed E-state index contributed by atoms with van der Waals surface area (Å²) in [5.74, 6) is 3.33. The minimum atomic E-state index is 0.768. The fraction of sp³-hybridized carbons (Fsp3) is 0.417. The molecule has 0 saturated carbocycles. The number of nitrogens with zero attached hydrogens (tertiary/aromatic N) is 1. The second-order valence-electron chi connectivity index (χ2n) is 4.43. The predicted molar refractivity (Wildman–Crippen MR) is 80.3 cm³/mol. The molecule has 0 amide bonds. The molecule has 2 aromatic rings. The third-order valence-corrected chi connectivity index (χ3v) is 5.25. The van der Waals surface area contributed by atoms with Gasteiger partial charge < -0.3 is 9.55 Å². The average Bonchev–Trinajstić information content (AvgIpc) is 2.90. The fourth-order valence-corrected chi connectivity index (χ4v) is 4.20. The molecule has 0 aliphatic carbocycles. The standard InChI is InChI=1S/C12H13BrN2S2/c13-9-1-2-10-11(5-9)15(12(16)14-10)6-8-3-4-17-7-8/h1-2,5,8H,3-4,6-7H2,(H,14,16). The number of hydrogen-bond acceptors (Lipinski definition) is 2. The van der Waals surface area contributed by atoms with Gasteiger partial charge in [-0.2, -0.15) is 11.8 Å². The first-order valence-corrected chi connectivity index (χ1v) is 8.05. The lowest BCUT2D eigenvalue weighted by Gasteiger charge is -2.10. The minimum absolute atomic E-state index is 0.768. The zero-order chi connectivity index (χ0) is 11.8. The lowest BCUT2D eigenvalue weighted by atomic mass is 10.1. The van der Waals surface area contributed by atoms with Crippen molar-refractivity contribution in [3.63, 3.8) is 0 Å². The molecule has 1 aliphatic rings. The summed E-state index contributed by atoms with van der Waals surface area (Å²) in [6, 6.07) is 6.27. The fourth-order valence-electron chi connectivity index (χ4n) is 2.29. The number of imidazole rings is 1. The van der Waals surface area contributed by atoms with Crippen LogP contribution >= 0.6 is 39.9 Å². The van der Waals surface area contributed by atoms with Crippen LogP contribution in [0.4, 0.5) is 0 Å². The van der Waals surface area contributed by atoms with Gasteiger partial charge in [-0.1, -0.05) is 15.9 Å². The van der Waals surface area contributed by atoms with E-state index in [-0.39, 0.29) is 0 Å². The van der Waals surface area contributed by atoms with Crippen molar-refractivity contribution in [2.24, 2.45) is 5.92 Å². The Morgan fingerprint density at radius 3 is 3.18 bits per heavy atom. The van der Waals surface area contributed by atoms with E-state index in [4.69, 9.17) is 12.2 Å². The summed E-state index contributed by atoms with van der Waals surface area (Å²) in [6.07, 6.45) is 1.31. The Labute approximate surface area is 118 Å². The first-order valence-electron chi connectivity index (χ1n) is 5.70. The van der Waals surface area contributed by atoms with E-state index in [2.05, 4.69) is 49.4 Å². The number of hydrogen-bond donors (Lipinski definition) is 1. The molecule has 1 aromatic heterocycles. The monoisotopic (exact) mass is 328 g/mol. The molecular weight excluding hydrogens is 316 g/mol. The normalized spacial score (nSPS) is 20.2. The van der Waals surface area contributed by atoms with E-state index in [1.54, 1.807) is 0 Å². The molecule has 2 nitrogen and oxygen atoms in total. The van der Waals surface area contributed by atoms with Crippen molar-refractivity contribution in [3.05, 3.63) is 27.4 Å². The maximum Gasteiger partial charge on any atom is 0.178 e. The number of H-pyrrole nitrogens is 1. The SMILES string of the molecule is S=c1[nH]c2ccc(Br)cc2n1CC1CCSC1. The smallest absolute Gasteiger partial charge is 0.178 e. The van der Waals surface area contributed by atoms with Crippen LogP contribution in [0.1, 0.15) is 6.42 Å². The molecule has 2 heterocycles. The van der Waals surface area contributed by atoms with E-state index in [9.17, 15) is 0 Å². The van der Waals surface area contributed by atoms with Gasteiger partial charge in [0.25, 0.3) is 0 Å². The highest BCUT2D eigenvalue weighted by molar-refractivity contribution is 9.10. The third-order valence-electron chi connectivity index (χ3n) is 3.20. The number of rotatable bonds is 2. The Morgan fingerprint density at radius 1 is 1.53 bits per heavy atom. The van der Waals surface area contributed by atoms with Gasteiger partial charge in [0.05, 0.1) is 11.0 Å². The Balaban J connectivity index is 2.04. The van der Waals surface area contributed by atoms with Crippen LogP contribution in [0.3, 0.4) is 0 Å². The molecule has 1 N–H and O–H groups in total. The second-order valence-corrected chi connectivity index (χ2v) is 6.88. The summed E-state index contributed by atoms with van der Waals surface area (Å²) >= 11 is 11.0. The zero-order valence-electron chi connectivity index (χ0n) is 9.28. The number of halogens is 1. The Morgan fingerprint density at radius 2 is 2.41 bits per heavy atom. The minimum Gasteiger partial charge on any atom is -0.331 e. The highest BCUT2D eigenvalue weighted by atomic mass is 79.9. The van der Waals surface area contributed by atoms with Crippen molar-refractivity contribution >= 4 is 50.9 Å². The number of aromatic amines is 1. The molecule has 1 fully saturated rings. The van der Waals surface area contributed by atoms with Gasteiger partial charge in [-0.05, 0) is 54.3 Å². The van der Waals surface area contributed by atoms with E-state index in [1.165, 1.54) is 23.4 Å². The Hall–Kier alpha value is -0.260. The van der Waals surface area contributed by atoms with Crippen molar-refractivity contribution in [3.8, 4) is 0 Å². The van der Waals surface area contributed by atoms with Crippen molar-refractivity contribution in [2.45, 2.75) is 13.0 Å². The molecule has 0 radical (unpaired) electrons. The molecule has 1 unspecified atom stereocenters. The molecule has 1 aliphatic heterocycles. The van der Waals surface area contributed by atoms with E-state index in [0.717, 1.165) is 27.2 Å². The van der Waals surface area contributed by atoms with Crippen molar-refractivity contribution < 1.29 is 0 Å². The van der Waals surface area contributed by atoms with Gasteiger partial charge >= 0.3 is 0 Å². The lowest BCUT2D eigenvalue weighted by Crippen LogP contribution is -2.09. The molecular formula is C12H13BrN2S2. The van der Waals surface area contributed by atoms with Crippen LogP contribution < -0.4 is 0 Å². The van der Waals surface area contributed by atoms with E-state index >= 15 is 0 Å². The summed E-state index contributed by atoms with van der Waals surface area (Å²) < 4.78 is 4.19. The van der Waals surface area contributed by atoms with Crippen molar-refractivity contribution in [2.75, 3.05) is 11.5 Å². The van der Waals surface area contributed by atoms with Crippen molar-refractivity contribution in [1.82, 2.24) is 9.55 Å². The summed E-state index contributed by atoms with van der Waals surface area (Å²) in [5.41, 5.74) is 2.34. The first kappa shape index (κ1) is 11.8. The summed E-state index contributed by atoms with van der Waals surface area (Å²) in [7, 11) is 0. The number of nitrogens with one attached hydrogen (secondary N) is 1. The van der Waals surface area contributed by atoms with Crippen LogP contribution in [-0.4, -0.2) is 21.1 Å². The average molecular weight is 329 g/mol. The van der Waals surface area contributed by atoms with Gasteiger partial charge in [0.15, 0.2) is 4.77 Å². The molecule has 17 heavy (non-hydrogen) atoms. The molecule has 0 bridgehead atoms. The van der Waals surface area contributed by atoms with Gasteiger partial charge in [-0.15, -0.1) is 0 Å². The van der Waals surface area contributed by atoms with Crippen molar-refractivity contribution in [1.29, 1.82) is 0 Å². The van der Waals surface area contributed by atoms with E-state index in [1.807, 2.05) is 6.07 Å². The molecule has 0 spiro atoms. The number of benzene rings is 1. The topological polar surface area (TPSA) is 20.7 Å². The van der Waals surface area contributed by atoms with Crippen LogP contribution in [-0.2, 0) is 6.54 Å². The molecule has 3 rings (SSSR count). The largest absolute Gasteiger partial charge is 0.331 e. The molecule has 1 atom stereocenters. The van der Waals surface area contributed by atoms with Crippen LogP contribution in [0.2, 0.25) is 0 Å². The molecule has 5 heteroatoms. The Bertz CT molecular complexity index is 596. The van der Waals surface area contributed by atoms with Crippen LogP contribution in [0.15, 0.2) is 22.7 Å². The van der Waals surface area contributed by atoms with Gasteiger partial charge in [0.1, 0.15) is 0 Å². The summed E-state index contributed by atoms with van der Waals surface area (Å²) in [4.78, 5) is 3.28. The zero-order valence-corrected chi connectivity index (χ0v) is 12.5.